The molecular weight excluding hydrogens is 759 g/mol. The fourth-order valence-corrected chi connectivity index (χ4v) is 6.52. The molecule has 0 saturated carbocycles. The summed E-state index contributed by atoms with van der Waals surface area (Å²) in [5, 5.41) is 17.4. The molecule has 0 saturated heterocycles. The summed E-state index contributed by atoms with van der Waals surface area (Å²) in [6, 6.07) is 26.7. The molecule has 0 unspecified atom stereocenters. The van der Waals surface area contributed by atoms with Crippen molar-refractivity contribution in [3.63, 3.8) is 0 Å². The van der Waals surface area contributed by atoms with Crippen molar-refractivity contribution in [2.45, 2.75) is 26.7 Å². The van der Waals surface area contributed by atoms with Gasteiger partial charge in [-0.05, 0) is 61.4 Å². The Balaban J connectivity index is 0.000000213. The Hall–Kier alpha value is -5.71. The predicted molar refractivity (Wildman–Crippen MR) is 213 cm³/mol. The predicted octanol–water partition coefficient (Wildman–Crippen LogP) is 5.23. The third-order valence-electron chi connectivity index (χ3n) is 7.65. The zero-order valence-electron chi connectivity index (χ0n) is 31.8. The van der Waals surface area contributed by atoms with Gasteiger partial charge in [0, 0.05) is 59.8 Å². The molecule has 0 atom stereocenters. The quantitative estimate of drug-likeness (QED) is 0.168. The number of benzene rings is 2. The number of carbonyl (C=O) groups is 2. The number of hydrogen-bond donors (Lipinski definition) is 3. The van der Waals surface area contributed by atoms with E-state index in [9.17, 15) is 14.0 Å². The largest absolute Gasteiger partial charge is 1.00 e. The summed E-state index contributed by atoms with van der Waals surface area (Å²) < 4.78 is 13.5. The molecule has 0 radical (unpaired) electrons. The first kappa shape index (κ1) is 41.5. The Morgan fingerprint density at radius 3 is 1.77 bits per heavy atom. The maximum Gasteiger partial charge on any atom is 1.00 e. The van der Waals surface area contributed by atoms with Crippen LogP contribution < -0.4 is 40.2 Å². The first-order chi connectivity index (χ1) is 26.8. The summed E-state index contributed by atoms with van der Waals surface area (Å²) in [6.45, 7) is 4.14. The average Bonchev–Trinajstić information content (AvgIpc) is 4.04. The molecule has 6 heterocycles. The number of halogens is 1. The van der Waals surface area contributed by atoms with Gasteiger partial charge in [0.2, 0.25) is 0 Å². The topological polar surface area (TPSA) is 156 Å². The molecule has 0 aliphatic heterocycles. The van der Waals surface area contributed by atoms with Gasteiger partial charge in [0.1, 0.15) is 11.5 Å². The molecule has 16 heteroatoms. The number of nitrogens with zero attached hydrogens (tertiary/aromatic N) is 7. The standard InChI is InChI=1S/C20H17N5OS.C15H14N4OS.C5H4FN.Na.H/c1-14-4-6-15(7-5-14)11-17-13-22-20(27-17)23-19(26)18-8-10-25(24-18)16-3-2-9-21-12-16;1-10-2-4-11(5-3-10)8-12-9-16-15(21-12)18-14(20)13-6-7-17-19-13;6-5-2-1-3-7-4-5;;/h2-10,12-13H,11H2,1H3,(H,22,23,26);2-7,9H,8H2,1H3,(H,17,19)(H,16,18,20);1-4H;;/q;;;+1;-1. The third kappa shape index (κ3) is 12.7. The normalized spacial score (nSPS) is 10.2. The first-order valence-corrected chi connectivity index (χ1v) is 18.5. The SMILES string of the molecule is Cc1ccc(Cc2cnc(NC(=O)c3ccn(-c4cccnc4)n3)s2)cc1.Cc1ccc(Cc2cnc(NC(=O)c3ccn[nH]3)s2)cc1.Fc1cccnc1.[H-].[Na+]. The van der Waals surface area contributed by atoms with E-state index in [2.05, 4.69) is 108 Å². The summed E-state index contributed by atoms with van der Waals surface area (Å²) in [5.41, 5.74) is 6.48. The Morgan fingerprint density at radius 2 is 1.29 bits per heavy atom. The summed E-state index contributed by atoms with van der Waals surface area (Å²) in [4.78, 5) is 42.6. The minimum Gasteiger partial charge on any atom is -1.00 e. The van der Waals surface area contributed by atoms with Gasteiger partial charge in [-0.3, -0.25) is 35.3 Å². The molecule has 0 bridgehead atoms. The van der Waals surface area contributed by atoms with Crippen LogP contribution in [0.4, 0.5) is 14.7 Å². The Bertz CT molecular complexity index is 2410. The number of thiazole rings is 2. The van der Waals surface area contributed by atoms with E-state index >= 15 is 0 Å². The van der Waals surface area contributed by atoms with Crippen LogP contribution in [-0.2, 0) is 12.8 Å². The van der Waals surface area contributed by atoms with Gasteiger partial charge in [0.05, 0.1) is 18.1 Å². The molecule has 0 spiro atoms. The van der Waals surface area contributed by atoms with E-state index in [4.69, 9.17) is 0 Å². The van der Waals surface area contributed by atoms with E-state index in [-0.39, 0.29) is 48.6 Å². The number of carbonyl (C=O) groups excluding carboxylic acids is 2. The molecule has 56 heavy (non-hydrogen) atoms. The third-order valence-corrected chi connectivity index (χ3v) is 9.47. The van der Waals surface area contributed by atoms with Crippen LogP contribution in [0.3, 0.4) is 0 Å². The molecule has 8 aromatic rings. The minimum atomic E-state index is -0.289. The monoisotopic (exact) mass is 794 g/mol. The Kier molecular flexibility index (Phi) is 15.4. The summed E-state index contributed by atoms with van der Waals surface area (Å²) >= 11 is 2.95. The zero-order chi connectivity index (χ0) is 38.4. The number of nitrogens with one attached hydrogen (secondary N) is 3. The molecule has 0 aliphatic carbocycles. The van der Waals surface area contributed by atoms with Crippen molar-refractivity contribution in [3.05, 3.63) is 184 Å². The summed E-state index contributed by atoms with van der Waals surface area (Å²) in [7, 11) is 0. The van der Waals surface area contributed by atoms with Crippen LogP contribution in [0.2, 0.25) is 0 Å². The van der Waals surface area contributed by atoms with E-state index in [1.165, 1.54) is 63.4 Å². The van der Waals surface area contributed by atoms with Crippen molar-refractivity contribution >= 4 is 44.8 Å². The maximum atomic E-state index is 12.4. The number of aromatic amines is 1. The minimum absolute atomic E-state index is 0. The van der Waals surface area contributed by atoms with Crippen LogP contribution >= 0.6 is 22.7 Å². The van der Waals surface area contributed by atoms with Gasteiger partial charge in [0.15, 0.2) is 16.0 Å². The smallest absolute Gasteiger partial charge is 1.00 e. The Morgan fingerprint density at radius 1 is 0.714 bits per heavy atom. The van der Waals surface area contributed by atoms with Crippen LogP contribution in [0.15, 0.2) is 135 Å². The molecule has 8 rings (SSSR count). The van der Waals surface area contributed by atoms with Gasteiger partial charge in [-0.15, -0.1) is 22.7 Å². The molecule has 2 aromatic carbocycles. The van der Waals surface area contributed by atoms with Crippen LogP contribution in [0, 0.1) is 19.7 Å². The second-order valence-electron chi connectivity index (χ2n) is 12.0. The summed E-state index contributed by atoms with van der Waals surface area (Å²) in [5.74, 6) is -0.805. The number of aryl methyl sites for hydroxylation is 2. The fraction of sp³-hybridized carbons (Fsp3) is 0.100. The molecule has 2 amide bonds. The number of amides is 2. The van der Waals surface area contributed by atoms with E-state index in [0.29, 0.717) is 21.7 Å². The van der Waals surface area contributed by atoms with Crippen LogP contribution in [0.1, 0.15) is 54.4 Å². The van der Waals surface area contributed by atoms with Gasteiger partial charge in [-0.2, -0.15) is 10.2 Å². The van der Waals surface area contributed by atoms with Gasteiger partial charge in [0.25, 0.3) is 11.8 Å². The molecule has 3 N–H and O–H groups in total. The van der Waals surface area contributed by atoms with Crippen molar-refractivity contribution < 1.29 is 45.0 Å². The van der Waals surface area contributed by atoms with E-state index in [1.807, 2.05) is 12.1 Å². The van der Waals surface area contributed by atoms with Crippen molar-refractivity contribution in [1.82, 2.24) is 39.9 Å². The average molecular weight is 795 g/mol. The number of hydrogen-bond acceptors (Lipinski definition) is 10. The van der Waals surface area contributed by atoms with E-state index in [0.717, 1.165) is 28.3 Å². The van der Waals surface area contributed by atoms with Crippen LogP contribution in [-0.4, -0.2) is 51.7 Å². The molecular formula is C40H36FN10NaO2S2. The maximum absolute atomic E-state index is 12.4. The van der Waals surface area contributed by atoms with Gasteiger partial charge < -0.3 is 1.43 Å². The van der Waals surface area contributed by atoms with Gasteiger partial charge >= 0.3 is 29.6 Å². The summed E-state index contributed by atoms with van der Waals surface area (Å²) in [6.07, 6.45) is 14.6. The fourth-order valence-electron chi connectivity index (χ4n) is 4.84. The van der Waals surface area contributed by atoms with Crippen molar-refractivity contribution in [2.24, 2.45) is 0 Å². The van der Waals surface area contributed by atoms with Crippen molar-refractivity contribution in [3.8, 4) is 5.69 Å². The number of aromatic nitrogens is 8. The number of anilines is 2. The molecule has 6 aromatic heterocycles. The van der Waals surface area contributed by atoms with Crippen molar-refractivity contribution in [2.75, 3.05) is 10.6 Å². The van der Waals surface area contributed by atoms with E-state index < -0.39 is 0 Å². The first-order valence-electron chi connectivity index (χ1n) is 16.9. The number of H-pyrrole nitrogens is 1. The van der Waals surface area contributed by atoms with Gasteiger partial charge in [-0.1, -0.05) is 59.7 Å². The van der Waals surface area contributed by atoms with Gasteiger partial charge in [-0.25, -0.2) is 19.0 Å². The van der Waals surface area contributed by atoms with Crippen LogP contribution in [0.25, 0.3) is 5.69 Å². The number of rotatable bonds is 9. The molecule has 278 valence electrons. The number of pyridine rings is 2. The Labute approximate surface area is 354 Å². The molecule has 12 nitrogen and oxygen atoms in total. The molecule has 0 fully saturated rings. The van der Waals surface area contributed by atoms with Crippen LogP contribution in [0.5, 0.6) is 0 Å². The zero-order valence-corrected chi connectivity index (χ0v) is 34.4. The molecule has 0 aliphatic rings. The second-order valence-corrected chi connectivity index (χ2v) is 14.2. The second kappa shape index (κ2) is 20.8. The van der Waals surface area contributed by atoms with E-state index in [1.54, 1.807) is 60.1 Å². The van der Waals surface area contributed by atoms with Crippen molar-refractivity contribution in [1.29, 1.82) is 0 Å².